The van der Waals surface area contributed by atoms with Crippen molar-refractivity contribution < 1.29 is 14.3 Å². The first-order chi connectivity index (χ1) is 14.0. The van der Waals surface area contributed by atoms with Gasteiger partial charge in [0.1, 0.15) is 10.6 Å². The van der Waals surface area contributed by atoms with Crippen molar-refractivity contribution in [2.75, 3.05) is 17.7 Å². The lowest BCUT2D eigenvalue weighted by Gasteiger charge is -2.05. The molecule has 4 rings (SSSR count). The van der Waals surface area contributed by atoms with E-state index < -0.39 is 0 Å². The third kappa shape index (κ3) is 4.08. The highest BCUT2D eigenvalue weighted by molar-refractivity contribution is 7.20. The molecule has 0 aliphatic heterocycles. The Kier molecular flexibility index (Phi) is 5.20. The highest BCUT2D eigenvalue weighted by Crippen LogP contribution is 2.30. The molecule has 4 aromatic rings. The van der Waals surface area contributed by atoms with Crippen LogP contribution in [0.5, 0.6) is 5.75 Å². The summed E-state index contributed by atoms with van der Waals surface area (Å²) < 4.78 is 5.11. The second kappa shape index (κ2) is 7.94. The van der Waals surface area contributed by atoms with Crippen LogP contribution < -0.4 is 15.4 Å². The molecule has 0 saturated carbocycles. The summed E-state index contributed by atoms with van der Waals surface area (Å²) in [4.78, 5) is 26.1. The number of aromatic nitrogens is 2. The van der Waals surface area contributed by atoms with Crippen molar-refractivity contribution in [2.45, 2.75) is 0 Å². The molecule has 2 aromatic carbocycles. The molecule has 2 heterocycles. The Morgan fingerprint density at radius 1 is 1.03 bits per heavy atom. The quantitative estimate of drug-likeness (QED) is 0.427. The van der Waals surface area contributed by atoms with Gasteiger partial charge < -0.3 is 15.4 Å². The van der Waals surface area contributed by atoms with Crippen molar-refractivity contribution >= 4 is 56.5 Å². The van der Waals surface area contributed by atoms with Crippen LogP contribution in [-0.2, 0) is 0 Å². The van der Waals surface area contributed by atoms with Crippen LogP contribution in [0.4, 0.5) is 11.5 Å². The number of nitrogens with one attached hydrogen (secondary N) is 3. The number of amides is 2. The molecule has 9 heteroatoms. The van der Waals surface area contributed by atoms with Crippen molar-refractivity contribution in [3.05, 3.63) is 70.1 Å². The summed E-state index contributed by atoms with van der Waals surface area (Å²) in [5, 5.41) is 13.8. The molecule has 0 unspecified atom stereocenters. The van der Waals surface area contributed by atoms with Gasteiger partial charge in [0.05, 0.1) is 17.4 Å². The second-order valence-corrected chi connectivity index (χ2v) is 7.56. The van der Waals surface area contributed by atoms with E-state index in [-0.39, 0.29) is 11.8 Å². The number of anilines is 2. The Bertz CT molecular complexity index is 1180. The van der Waals surface area contributed by atoms with E-state index in [9.17, 15) is 9.59 Å². The number of fused-ring (bicyclic) bond motifs is 1. The molecule has 3 N–H and O–H groups in total. The lowest BCUT2D eigenvalue weighted by atomic mass is 10.2. The monoisotopic (exact) mass is 426 g/mol. The van der Waals surface area contributed by atoms with E-state index in [1.54, 1.807) is 61.7 Å². The van der Waals surface area contributed by atoms with E-state index in [2.05, 4.69) is 20.8 Å². The molecule has 2 amide bonds. The van der Waals surface area contributed by atoms with Crippen molar-refractivity contribution in [2.24, 2.45) is 0 Å². The van der Waals surface area contributed by atoms with Crippen molar-refractivity contribution in [1.29, 1.82) is 0 Å². The number of methoxy groups -OCH3 is 1. The summed E-state index contributed by atoms with van der Waals surface area (Å²) in [5.74, 6) is 0.504. The molecular formula is C20H15ClN4O3S. The second-order valence-electron chi connectivity index (χ2n) is 6.07. The number of ether oxygens (including phenoxy) is 1. The summed E-state index contributed by atoms with van der Waals surface area (Å²) in [7, 11) is 1.58. The fourth-order valence-corrected chi connectivity index (χ4v) is 3.70. The summed E-state index contributed by atoms with van der Waals surface area (Å²) in [6, 6.07) is 15.3. The Morgan fingerprint density at radius 2 is 1.76 bits per heavy atom. The zero-order valence-corrected chi connectivity index (χ0v) is 16.7. The maximum Gasteiger partial charge on any atom is 0.265 e. The van der Waals surface area contributed by atoms with Crippen LogP contribution in [-0.4, -0.2) is 29.1 Å². The summed E-state index contributed by atoms with van der Waals surface area (Å²) in [5.41, 5.74) is 1.11. The Labute approximate surface area is 174 Å². The zero-order valence-electron chi connectivity index (χ0n) is 15.2. The third-order valence-corrected chi connectivity index (χ3v) is 5.46. The summed E-state index contributed by atoms with van der Waals surface area (Å²) in [6.45, 7) is 0. The normalized spacial score (nSPS) is 10.7. The highest BCUT2D eigenvalue weighted by Gasteiger charge is 2.17. The maximum absolute atomic E-state index is 12.6. The number of halogens is 1. The van der Waals surface area contributed by atoms with Crippen molar-refractivity contribution in [1.82, 2.24) is 10.2 Å². The van der Waals surface area contributed by atoms with Gasteiger partial charge in [0.2, 0.25) is 0 Å². The van der Waals surface area contributed by atoms with E-state index in [4.69, 9.17) is 16.3 Å². The van der Waals surface area contributed by atoms with E-state index in [1.165, 1.54) is 11.3 Å². The molecule has 146 valence electrons. The summed E-state index contributed by atoms with van der Waals surface area (Å²) in [6.07, 6.45) is 0. The molecular weight excluding hydrogens is 412 g/mol. The van der Waals surface area contributed by atoms with Gasteiger partial charge >= 0.3 is 0 Å². The SMILES string of the molecule is COc1ccc(NC(=O)c2cc3c(NC(=O)c4ccc(Cl)cc4)n[nH]c3s2)cc1. The van der Waals surface area contributed by atoms with Gasteiger partial charge in [-0.1, -0.05) is 11.6 Å². The number of carbonyl (C=O) groups is 2. The number of rotatable bonds is 5. The minimum Gasteiger partial charge on any atom is -0.497 e. The van der Waals surface area contributed by atoms with Gasteiger partial charge in [0, 0.05) is 16.3 Å². The van der Waals surface area contributed by atoms with Crippen LogP contribution in [0.1, 0.15) is 20.0 Å². The Hall–Kier alpha value is -3.36. The van der Waals surface area contributed by atoms with E-state index in [0.29, 0.717) is 42.9 Å². The standard InChI is InChI=1S/C20H15ClN4O3S/c1-28-14-8-6-13(7-9-14)22-19(27)16-10-15-17(24-25-20(15)29-16)23-18(26)11-2-4-12(21)5-3-11/h2-10H,1H3,(H,22,27)(H2,23,24,25,26). The van der Waals surface area contributed by atoms with Crippen molar-refractivity contribution in [3.63, 3.8) is 0 Å². The molecule has 0 fully saturated rings. The molecule has 0 atom stereocenters. The smallest absolute Gasteiger partial charge is 0.265 e. The van der Waals surface area contributed by atoms with Gasteiger partial charge in [-0.15, -0.1) is 11.3 Å². The molecule has 0 bridgehead atoms. The molecule has 29 heavy (non-hydrogen) atoms. The van der Waals surface area contributed by atoms with Gasteiger partial charge in [-0.3, -0.25) is 14.7 Å². The Morgan fingerprint density at radius 3 is 2.45 bits per heavy atom. The number of H-pyrrole nitrogens is 1. The summed E-state index contributed by atoms with van der Waals surface area (Å²) >= 11 is 7.11. The number of thiophene rings is 1. The average molecular weight is 427 g/mol. The van der Waals surface area contributed by atoms with Crippen LogP contribution in [0, 0.1) is 0 Å². The van der Waals surface area contributed by atoms with Crippen molar-refractivity contribution in [3.8, 4) is 5.75 Å². The average Bonchev–Trinajstić information content (AvgIpc) is 3.31. The third-order valence-electron chi connectivity index (χ3n) is 4.17. The van der Waals surface area contributed by atoms with Crippen LogP contribution in [0.25, 0.3) is 10.2 Å². The number of nitrogens with zero attached hydrogens (tertiary/aromatic N) is 1. The van der Waals surface area contributed by atoms with Gasteiger partial charge in [0.25, 0.3) is 11.8 Å². The van der Waals surface area contributed by atoms with Crippen LogP contribution >= 0.6 is 22.9 Å². The zero-order chi connectivity index (χ0) is 20.4. The molecule has 0 aliphatic carbocycles. The fraction of sp³-hybridized carbons (Fsp3) is 0.0500. The molecule has 2 aromatic heterocycles. The van der Waals surface area contributed by atoms with E-state index in [1.807, 2.05) is 0 Å². The minimum atomic E-state index is -0.314. The number of aromatic amines is 1. The molecule has 0 saturated heterocycles. The molecule has 0 radical (unpaired) electrons. The van der Waals surface area contributed by atoms with Crippen LogP contribution in [0.2, 0.25) is 5.02 Å². The first-order valence-electron chi connectivity index (χ1n) is 8.54. The highest BCUT2D eigenvalue weighted by atomic mass is 35.5. The van der Waals surface area contributed by atoms with E-state index in [0.717, 1.165) is 0 Å². The molecule has 7 nitrogen and oxygen atoms in total. The number of carbonyl (C=O) groups excluding carboxylic acids is 2. The fourth-order valence-electron chi connectivity index (χ4n) is 2.67. The predicted molar refractivity (Wildman–Crippen MR) is 114 cm³/mol. The first-order valence-corrected chi connectivity index (χ1v) is 9.73. The van der Waals surface area contributed by atoms with Gasteiger partial charge in [0.15, 0.2) is 5.82 Å². The number of benzene rings is 2. The number of hydrogen-bond donors (Lipinski definition) is 3. The van der Waals surface area contributed by atoms with E-state index >= 15 is 0 Å². The molecule has 0 spiro atoms. The molecule has 0 aliphatic rings. The van der Waals surface area contributed by atoms with Crippen LogP contribution in [0.15, 0.2) is 54.6 Å². The topological polar surface area (TPSA) is 96.1 Å². The van der Waals surface area contributed by atoms with Gasteiger partial charge in [-0.25, -0.2) is 0 Å². The Balaban J connectivity index is 1.51. The maximum atomic E-state index is 12.6. The lowest BCUT2D eigenvalue weighted by molar-refractivity contribution is 0.102. The first kappa shape index (κ1) is 19.0. The number of hydrogen-bond acceptors (Lipinski definition) is 5. The van der Waals surface area contributed by atoms with Gasteiger partial charge in [-0.05, 0) is 54.6 Å². The minimum absolute atomic E-state index is 0.250. The lowest BCUT2D eigenvalue weighted by Crippen LogP contribution is -2.12. The largest absolute Gasteiger partial charge is 0.497 e. The van der Waals surface area contributed by atoms with Crippen LogP contribution in [0.3, 0.4) is 0 Å². The predicted octanol–water partition coefficient (Wildman–Crippen LogP) is 4.79. The van der Waals surface area contributed by atoms with Gasteiger partial charge in [-0.2, -0.15) is 5.10 Å².